The Labute approximate surface area is 168 Å². The van der Waals surface area contributed by atoms with Crippen LogP contribution in [0.5, 0.6) is 0 Å². The van der Waals surface area contributed by atoms with Crippen molar-refractivity contribution in [1.29, 1.82) is 0 Å². The zero-order valence-electron chi connectivity index (χ0n) is 15.3. The Morgan fingerprint density at radius 1 is 1.00 bits per heavy atom. The molecule has 0 heterocycles. The van der Waals surface area contributed by atoms with E-state index in [9.17, 15) is 21.8 Å². The molecule has 2 aromatic carbocycles. The molecule has 0 aromatic heterocycles. The number of unbranched alkanes of at least 4 members (excludes halogenated alkanes) is 5. The van der Waals surface area contributed by atoms with Crippen molar-refractivity contribution in [2.75, 3.05) is 0 Å². The molecule has 0 amide bonds. The molecule has 0 radical (unpaired) electrons. The zero-order valence-corrected chi connectivity index (χ0v) is 17.7. The Bertz CT molecular complexity index is 869. The summed E-state index contributed by atoms with van der Waals surface area (Å²) in [7, 11) is -5.75. The maximum atomic E-state index is 14.5. The molecule has 0 aliphatic carbocycles. The molecule has 0 saturated heterocycles. The summed E-state index contributed by atoms with van der Waals surface area (Å²) < 4.78 is 63.5. The van der Waals surface area contributed by atoms with Gasteiger partial charge in [-0.25, -0.2) is 8.42 Å². The van der Waals surface area contributed by atoms with Crippen LogP contribution in [0.2, 0.25) is 0 Å². The molecule has 0 bridgehead atoms. The van der Waals surface area contributed by atoms with Crippen molar-refractivity contribution in [3.63, 3.8) is 0 Å². The molecule has 3 nitrogen and oxygen atoms in total. The highest BCUT2D eigenvalue weighted by molar-refractivity contribution is 9.10. The molecule has 1 unspecified atom stereocenters. The maximum Gasteiger partial charge on any atom is 0.341 e. The van der Waals surface area contributed by atoms with Crippen LogP contribution in [0.4, 0.5) is 8.78 Å². The van der Waals surface area contributed by atoms with Crippen molar-refractivity contribution < 1.29 is 21.8 Å². The summed E-state index contributed by atoms with van der Waals surface area (Å²) in [6, 6.07) is 10.1. The lowest BCUT2D eigenvalue weighted by Gasteiger charge is -2.29. The molecular formula is C20H24BrF2O3S-. The van der Waals surface area contributed by atoms with E-state index in [-0.39, 0.29) is 12.0 Å². The minimum atomic E-state index is -5.75. The number of hydrogen-bond acceptors (Lipinski definition) is 3. The molecule has 0 fully saturated rings. The Hall–Kier alpha value is -1.05. The standard InChI is InChI=1S/C20H25BrF2O3S/c1-2-3-4-5-6-7-8-19(20(22,23)27(24,25)26)17-10-9-16-14-18(21)12-11-15(16)13-17/h9-14,19H,2-8H2,1H3,(H,24,25,26)/p-1. The first kappa shape index (κ1) is 22.2. The molecule has 0 spiro atoms. The van der Waals surface area contributed by atoms with E-state index in [1.807, 2.05) is 6.07 Å². The second-order valence-electron chi connectivity index (χ2n) is 6.88. The van der Waals surface area contributed by atoms with Crippen molar-refractivity contribution >= 4 is 36.8 Å². The summed E-state index contributed by atoms with van der Waals surface area (Å²) in [5.41, 5.74) is 0.183. The van der Waals surface area contributed by atoms with Gasteiger partial charge in [0, 0.05) is 4.47 Å². The molecule has 0 aliphatic rings. The van der Waals surface area contributed by atoms with Crippen LogP contribution in [0, 0.1) is 0 Å². The van der Waals surface area contributed by atoms with Gasteiger partial charge in [-0.15, -0.1) is 0 Å². The van der Waals surface area contributed by atoms with Crippen molar-refractivity contribution in [2.45, 2.75) is 63.0 Å². The average Bonchev–Trinajstić information content (AvgIpc) is 2.59. The Kier molecular flexibility index (Phi) is 7.77. The van der Waals surface area contributed by atoms with E-state index in [2.05, 4.69) is 22.9 Å². The fourth-order valence-corrected chi connectivity index (χ4v) is 4.26. The van der Waals surface area contributed by atoms with Crippen molar-refractivity contribution in [3.8, 4) is 0 Å². The number of rotatable bonds is 10. The second kappa shape index (κ2) is 9.43. The molecular weight excluding hydrogens is 438 g/mol. The first-order chi connectivity index (χ1) is 12.7. The predicted octanol–water partition coefficient (Wildman–Crippen LogP) is 6.57. The minimum absolute atomic E-state index is 0.0391. The normalized spacial score (nSPS) is 13.8. The van der Waals surface area contributed by atoms with Crippen molar-refractivity contribution in [1.82, 2.24) is 0 Å². The summed E-state index contributed by atoms with van der Waals surface area (Å²) >= 11 is 3.36. The Balaban J connectivity index is 2.27. The summed E-state index contributed by atoms with van der Waals surface area (Å²) in [6.07, 6.45) is 5.29. The molecule has 0 aliphatic heterocycles. The molecule has 2 rings (SSSR count). The smallest absolute Gasteiger partial charge is 0.341 e. The van der Waals surface area contributed by atoms with Gasteiger partial charge >= 0.3 is 5.25 Å². The van der Waals surface area contributed by atoms with Gasteiger partial charge in [0.25, 0.3) is 0 Å². The lowest BCUT2D eigenvalue weighted by molar-refractivity contribution is 0.0448. The number of alkyl halides is 2. The number of halogens is 3. The van der Waals surface area contributed by atoms with Gasteiger partial charge < -0.3 is 4.55 Å². The van der Waals surface area contributed by atoms with E-state index in [0.717, 1.165) is 47.3 Å². The third-order valence-corrected chi connectivity index (χ3v) is 6.26. The van der Waals surface area contributed by atoms with E-state index >= 15 is 0 Å². The lowest BCUT2D eigenvalue weighted by Crippen LogP contribution is -2.35. The Morgan fingerprint density at radius 2 is 1.59 bits per heavy atom. The summed E-state index contributed by atoms with van der Waals surface area (Å²) in [6.45, 7) is 2.09. The molecule has 7 heteroatoms. The van der Waals surface area contributed by atoms with Crippen molar-refractivity contribution in [3.05, 3.63) is 46.4 Å². The van der Waals surface area contributed by atoms with Gasteiger partial charge in [-0.3, -0.25) is 0 Å². The SMILES string of the molecule is CCCCCCCCC(c1ccc2cc(Br)ccc2c1)C(F)(F)S(=O)(=O)[O-]. The first-order valence-electron chi connectivity index (χ1n) is 9.19. The second-order valence-corrected chi connectivity index (χ2v) is 9.24. The Morgan fingerprint density at radius 3 is 2.26 bits per heavy atom. The van der Waals surface area contributed by atoms with Crippen LogP contribution in [0.3, 0.4) is 0 Å². The minimum Gasteiger partial charge on any atom is -0.743 e. The van der Waals surface area contributed by atoms with Crippen LogP contribution >= 0.6 is 15.9 Å². The van der Waals surface area contributed by atoms with Crippen LogP contribution < -0.4 is 0 Å². The average molecular weight is 462 g/mol. The third kappa shape index (κ3) is 5.72. The first-order valence-corrected chi connectivity index (χ1v) is 11.4. The highest BCUT2D eigenvalue weighted by Gasteiger charge is 2.46. The van der Waals surface area contributed by atoms with Gasteiger partial charge in [0.1, 0.15) is 0 Å². The third-order valence-electron chi connectivity index (χ3n) is 4.81. The number of benzene rings is 2. The van der Waals surface area contributed by atoms with E-state index in [1.54, 1.807) is 24.3 Å². The highest BCUT2D eigenvalue weighted by atomic mass is 79.9. The monoisotopic (exact) mass is 461 g/mol. The molecule has 2 aromatic rings. The van der Waals surface area contributed by atoms with Crippen LogP contribution in [0.25, 0.3) is 10.8 Å². The lowest BCUT2D eigenvalue weighted by atomic mass is 9.91. The van der Waals surface area contributed by atoms with Crippen LogP contribution in [-0.2, 0) is 10.1 Å². The summed E-state index contributed by atoms with van der Waals surface area (Å²) in [5.74, 6) is -1.64. The van der Waals surface area contributed by atoms with E-state index in [4.69, 9.17) is 0 Å². The van der Waals surface area contributed by atoms with Gasteiger partial charge in [-0.05, 0) is 34.9 Å². The van der Waals surface area contributed by atoms with Crippen LogP contribution in [0.15, 0.2) is 40.9 Å². The summed E-state index contributed by atoms with van der Waals surface area (Å²) in [5, 5.41) is -2.76. The molecule has 27 heavy (non-hydrogen) atoms. The fraction of sp³-hybridized carbons (Fsp3) is 0.500. The van der Waals surface area contributed by atoms with Gasteiger partial charge in [0.05, 0.1) is 5.92 Å². The van der Waals surface area contributed by atoms with E-state index in [0.29, 0.717) is 6.42 Å². The number of hydrogen-bond donors (Lipinski definition) is 0. The summed E-state index contributed by atoms with van der Waals surface area (Å²) in [4.78, 5) is 0. The van der Waals surface area contributed by atoms with Gasteiger partial charge in [0.2, 0.25) is 0 Å². The molecule has 0 saturated carbocycles. The predicted molar refractivity (Wildman–Crippen MR) is 107 cm³/mol. The molecule has 0 N–H and O–H groups in total. The van der Waals surface area contributed by atoms with E-state index in [1.165, 1.54) is 6.07 Å². The largest absolute Gasteiger partial charge is 0.743 e. The maximum absolute atomic E-state index is 14.5. The number of fused-ring (bicyclic) bond motifs is 1. The van der Waals surface area contributed by atoms with Crippen molar-refractivity contribution in [2.24, 2.45) is 0 Å². The molecule has 150 valence electrons. The van der Waals surface area contributed by atoms with Gasteiger partial charge in [-0.2, -0.15) is 8.78 Å². The fourth-order valence-electron chi connectivity index (χ4n) is 3.28. The zero-order chi connectivity index (χ0) is 20.1. The van der Waals surface area contributed by atoms with Gasteiger partial charge in [-0.1, -0.05) is 85.6 Å². The van der Waals surface area contributed by atoms with Crippen LogP contribution in [0.1, 0.15) is 63.4 Å². The topological polar surface area (TPSA) is 57.2 Å². The quantitative estimate of drug-likeness (QED) is 0.296. The van der Waals surface area contributed by atoms with E-state index < -0.39 is 21.3 Å². The highest BCUT2D eigenvalue weighted by Crippen LogP contribution is 2.42. The van der Waals surface area contributed by atoms with Crippen LogP contribution in [-0.4, -0.2) is 18.2 Å². The van der Waals surface area contributed by atoms with Gasteiger partial charge in [0.15, 0.2) is 10.1 Å². The molecule has 1 atom stereocenters.